The normalized spacial score (nSPS) is 14.8. The quantitative estimate of drug-likeness (QED) is 0.154. The van der Waals surface area contributed by atoms with Crippen LogP contribution in [0.3, 0.4) is 0 Å². The van der Waals surface area contributed by atoms with E-state index in [0.717, 1.165) is 23.1 Å². The molecular weight excluding hydrogens is 653 g/mol. The Kier molecular flexibility index (Phi) is 6.96. The molecule has 244 valence electrons. The summed E-state index contributed by atoms with van der Waals surface area (Å²) in [4.78, 5) is 0. The molecule has 2 nitrogen and oxygen atoms in total. The molecule has 2 aromatic heterocycles. The van der Waals surface area contributed by atoms with Crippen molar-refractivity contribution in [3.63, 3.8) is 0 Å². The average molecular weight is 668 g/mol. The van der Waals surface area contributed by atoms with Crippen LogP contribution in [0.5, 0.6) is 0 Å². The SMILES string of the molecule is Cc1ccc2c(c1)oc1cc3c(cc12)oc1cc(CCC(F)(F)C(F)(F)C(F)(F)C(F)(F)C(F)(F)C(F)(F)C(F)(F)F)ccc13. The highest BCUT2D eigenvalue weighted by molar-refractivity contribution is 6.14. The van der Waals surface area contributed by atoms with Crippen LogP contribution in [-0.2, 0) is 6.42 Å². The lowest BCUT2D eigenvalue weighted by atomic mass is 9.89. The molecule has 0 saturated heterocycles. The summed E-state index contributed by atoms with van der Waals surface area (Å²) in [6.45, 7) is 1.85. The minimum Gasteiger partial charge on any atom is -0.456 e. The lowest BCUT2D eigenvalue weighted by molar-refractivity contribution is -0.452. The van der Waals surface area contributed by atoms with E-state index in [-0.39, 0.29) is 16.7 Å². The van der Waals surface area contributed by atoms with Gasteiger partial charge >= 0.3 is 41.7 Å². The number of alkyl halides is 15. The van der Waals surface area contributed by atoms with Gasteiger partial charge in [-0.2, -0.15) is 65.9 Å². The summed E-state index contributed by atoms with van der Waals surface area (Å²) >= 11 is 0. The third kappa shape index (κ3) is 4.50. The van der Waals surface area contributed by atoms with Crippen molar-refractivity contribution in [1.82, 2.24) is 0 Å². The van der Waals surface area contributed by atoms with Crippen LogP contribution in [0.2, 0.25) is 0 Å². The van der Waals surface area contributed by atoms with Crippen LogP contribution >= 0.6 is 0 Å². The number of fused-ring (bicyclic) bond motifs is 6. The molecule has 0 aliphatic rings. The molecule has 0 N–H and O–H groups in total. The largest absolute Gasteiger partial charge is 0.460 e. The van der Waals surface area contributed by atoms with Crippen LogP contribution in [0.4, 0.5) is 65.9 Å². The molecule has 0 amide bonds. The van der Waals surface area contributed by atoms with Gasteiger partial charge in [-0.05, 0) is 48.7 Å². The minimum atomic E-state index is -8.30. The van der Waals surface area contributed by atoms with E-state index in [9.17, 15) is 65.9 Å². The monoisotopic (exact) mass is 668 g/mol. The first-order valence-electron chi connectivity index (χ1n) is 12.5. The molecule has 0 spiro atoms. The number of furan rings is 2. The predicted octanol–water partition coefficient (Wildman–Crippen LogP) is 11.1. The molecular formula is C28H15F15O2. The Bertz CT molecular complexity index is 1930. The van der Waals surface area contributed by atoms with Gasteiger partial charge in [0.05, 0.1) is 0 Å². The maximum atomic E-state index is 14.3. The van der Waals surface area contributed by atoms with Crippen LogP contribution in [0, 0.1) is 6.92 Å². The van der Waals surface area contributed by atoms with Crippen LogP contribution in [-0.4, -0.2) is 41.7 Å². The first-order chi connectivity index (χ1) is 20.4. The number of halogens is 15. The van der Waals surface area contributed by atoms with E-state index in [1.165, 1.54) is 6.07 Å². The van der Waals surface area contributed by atoms with Crippen molar-refractivity contribution < 1.29 is 74.7 Å². The molecule has 0 saturated carbocycles. The molecule has 0 aliphatic heterocycles. The average Bonchev–Trinajstić information content (AvgIpc) is 3.45. The van der Waals surface area contributed by atoms with Gasteiger partial charge in [0.25, 0.3) is 0 Å². The van der Waals surface area contributed by atoms with Gasteiger partial charge in [0.1, 0.15) is 22.3 Å². The zero-order chi connectivity index (χ0) is 33.8. The molecule has 45 heavy (non-hydrogen) atoms. The minimum absolute atomic E-state index is 0.0312. The van der Waals surface area contributed by atoms with Crippen molar-refractivity contribution in [1.29, 1.82) is 0 Å². The summed E-state index contributed by atoms with van der Waals surface area (Å²) in [5, 5.41) is 2.16. The van der Waals surface area contributed by atoms with Crippen molar-refractivity contribution in [3.05, 3.63) is 59.7 Å². The van der Waals surface area contributed by atoms with Crippen LogP contribution in [0.15, 0.2) is 57.4 Å². The van der Waals surface area contributed by atoms with Crippen molar-refractivity contribution in [2.75, 3.05) is 0 Å². The fraction of sp³-hybridized carbons (Fsp3) is 0.357. The van der Waals surface area contributed by atoms with Crippen LogP contribution in [0.25, 0.3) is 43.9 Å². The summed E-state index contributed by atoms with van der Waals surface area (Å²) in [5.74, 6) is -46.5. The van der Waals surface area contributed by atoms with Crippen molar-refractivity contribution in [2.45, 2.75) is 61.5 Å². The summed E-state index contributed by atoms with van der Waals surface area (Å²) in [6, 6.07) is 11.9. The summed E-state index contributed by atoms with van der Waals surface area (Å²) in [7, 11) is 0. The Labute approximate surface area is 240 Å². The Morgan fingerprint density at radius 2 is 0.889 bits per heavy atom. The fourth-order valence-corrected chi connectivity index (χ4v) is 4.81. The molecule has 0 aliphatic carbocycles. The standard InChI is InChI=1S/C28H15F15O2/c1-12-2-4-14-16-10-21-17(11-20(16)44-18(14)8-12)15-5-3-13(9-19(15)45-21)6-7-22(29,30)23(31,32)24(33,34)25(35,36)26(37,38)27(39,40)28(41,42)43/h2-5,8-11H,6-7H2,1H3. The first kappa shape index (κ1) is 32.6. The summed E-state index contributed by atoms with van der Waals surface area (Å²) < 4.78 is 214. The summed E-state index contributed by atoms with van der Waals surface area (Å²) in [5.41, 5.74) is 1.83. The van der Waals surface area contributed by atoms with Gasteiger partial charge in [-0.1, -0.05) is 24.3 Å². The van der Waals surface area contributed by atoms with Crippen molar-refractivity contribution in [2.24, 2.45) is 0 Å². The second-order valence-corrected chi connectivity index (χ2v) is 10.5. The first-order valence-corrected chi connectivity index (χ1v) is 12.5. The second kappa shape index (κ2) is 9.61. The number of hydrogen-bond donors (Lipinski definition) is 0. The molecule has 0 unspecified atom stereocenters. The number of rotatable bonds is 8. The Balaban J connectivity index is 1.43. The van der Waals surface area contributed by atoms with Gasteiger partial charge in [-0.15, -0.1) is 0 Å². The Morgan fingerprint density at radius 1 is 0.467 bits per heavy atom. The van der Waals surface area contributed by atoms with Gasteiger partial charge in [-0.25, -0.2) is 0 Å². The number of aryl methyl sites for hydroxylation is 2. The van der Waals surface area contributed by atoms with Crippen molar-refractivity contribution >= 4 is 43.9 Å². The van der Waals surface area contributed by atoms with Gasteiger partial charge in [-0.3, -0.25) is 0 Å². The molecule has 17 heteroatoms. The third-order valence-corrected chi connectivity index (χ3v) is 7.41. The lowest BCUT2D eigenvalue weighted by Crippen LogP contribution is -2.72. The zero-order valence-electron chi connectivity index (χ0n) is 22.0. The van der Waals surface area contributed by atoms with E-state index in [0.29, 0.717) is 27.3 Å². The Morgan fingerprint density at radius 3 is 1.40 bits per heavy atom. The third-order valence-electron chi connectivity index (χ3n) is 7.41. The maximum absolute atomic E-state index is 14.3. The van der Waals surface area contributed by atoms with E-state index in [1.54, 1.807) is 24.3 Å². The van der Waals surface area contributed by atoms with Gasteiger partial charge < -0.3 is 8.83 Å². The molecule has 2 heterocycles. The van der Waals surface area contributed by atoms with Crippen LogP contribution in [0.1, 0.15) is 17.5 Å². The molecule has 5 aromatic rings. The smallest absolute Gasteiger partial charge is 0.456 e. The van der Waals surface area contributed by atoms with Crippen molar-refractivity contribution in [3.8, 4) is 0 Å². The van der Waals surface area contributed by atoms with Crippen LogP contribution < -0.4 is 0 Å². The molecule has 0 fully saturated rings. The van der Waals surface area contributed by atoms with Gasteiger partial charge in [0.2, 0.25) is 0 Å². The van der Waals surface area contributed by atoms with E-state index in [2.05, 4.69) is 0 Å². The number of hydrogen-bond acceptors (Lipinski definition) is 2. The summed E-state index contributed by atoms with van der Waals surface area (Å²) in [6.07, 6.45) is -11.4. The Hall–Kier alpha value is -3.79. The molecule has 3 aromatic carbocycles. The van der Waals surface area contributed by atoms with E-state index in [1.807, 2.05) is 13.0 Å². The fourth-order valence-electron chi connectivity index (χ4n) is 4.81. The number of benzene rings is 3. The molecule has 0 radical (unpaired) electrons. The molecule has 0 atom stereocenters. The van der Waals surface area contributed by atoms with Gasteiger partial charge in [0, 0.05) is 28.0 Å². The second-order valence-electron chi connectivity index (χ2n) is 10.5. The lowest BCUT2D eigenvalue weighted by Gasteiger charge is -2.41. The van der Waals surface area contributed by atoms with E-state index < -0.39 is 54.6 Å². The highest BCUT2D eigenvalue weighted by atomic mass is 19.4. The predicted molar refractivity (Wildman–Crippen MR) is 130 cm³/mol. The maximum Gasteiger partial charge on any atom is 0.460 e. The molecule has 5 rings (SSSR count). The zero-order valence-corrected chi connectivity index (χ0v) is 22.0. The highest BCUT2D eigenvalue weighted by Crippen LogP contribution is 2.62. The van der Waals surface area contributed by atoms with Gasteiger partial charge in [0.15, 0.2) is 0 Å². The topological polar surface area (TPSA) is 26.3 Å². The molecule has 0 bridgehead atoms. The van der Waals surface area contributed by atoms with E-state index in [4.69, 9.17) is 8.83 Å². The van der Waals surface area contributed by atoms with E-state index >= 15 is 0 Å². The highest BCUT2D eigenvalue weighted by Gasteiger charge is 2.93.